The topological polar surface area (TPSA) is 43.4 Å². The first-order chi connectivity index (χ1) is 4.52. The molecular weight excluding hydrogens is 132 g/mol. The highest BCUT2D eigenvalue weighted by Gasteiger charge is 2.35. The number of rotatable bonds is 0. The molecule has 1 fully saturated rings. The third-order valence-corrected chi connectivity index (χ3v) is 1.60. The van der Waals surface area contributed by atoms with Crippen LogP contribution < -0.4 is 0 Å². The highest BCUT2D eigenvalue weighted by atomic mass is 16.6. The Kier molecular flexibility index (Phi) is 1.50. The second-order valence-electron chi connectivity index (χ2n) is 2.91. The van der Waals surface area contributed by atoms with Crippen LogP contribution in [-0.2, 0) is 14.3 Å². The summed E-state index contributed by atoms with van der Waals surface area (Å²) in [5.41, 5.74) is -0.880. The van der Waals surface area contributed by atoms with Gasteiger partial charge in [-0.1, -0.05) is 0 Å². The van der Waals surface area contributed by atoms with Crippen LogP contribution in [0.2, 0.25) is 0 Å². The average Bonchev–Trinajstić information content (AvgIpc) is 1.78. The number of cyclic esters (lactones) is 1. The van der Waals surface area contributed by atoms with Gasteiger partial charge in [-0.15, -0.1) is 0 Å². The molecule has 10 heavy (non-hydrogen) atoms. The third kappa shape index (κ3) is 1.17. The lowest BCUT2D eigenvalue weighted by Gasteiger charge is -2.27. The van der Waals surface area contributed by atoms with E-state index in [9.17, 15) is 9.59 Å². The van der Waals surface area contributed by atoms with Crippen LogP contribution in [0, 0.1) is 0 Å². The maximum Gasteiger partial charge on any atom is 0.307 e. The van der Waals surface area contributed by atoms with Gasteiger partial charge in [0.05, 0.1) is 6.42 Å². The fourth-order valence-electron chi connectivity index (χ4n) is 0.909. The van der Waals surface area contributed by atoms with E-state index in [0.29, 0.717) is 6.42 Å². The van der Waals surface area contributed by atoms with E-state index in [1.165, 1.54) is 0 Å². The zero-order valence-electron chi connectivity index (χ0n) is 6.14. The van der Waals surface area contributed by atoms with E-state index in [0.717, 1.165) is 0 Å². The molecule has 1 heterocycles. The normalized spacial score (nSPS) is 24.2. The Bertz CT molecular complexity index is 181. The van der Waals surface area contributed by atoms with Crippen LogP contribution >= 0.6 is 0 Å². The molecule has 0 radical (unpaired) electrons. The van der Waals surface area contributed by atoms with Gasteiger partial charge in [-0.25, -0.2) is 0 Å². The first-order valence-corrected chi connectivity index (χ1v) is 3.27. The summed E-state index contributed by atoms with van der Waals surface area (Å²) in [6, 6.07) is 0. The molecule has 0 aromatic carbocycles. The van der Waals surface area contributed by atoms with Crippen molar-refractivity contribution in [1.82, 2.24) is 0 Å². The van der Waals surface area contributed by atoms with Gasteiger partial charge in [-0.3, -0.25) is 9.59 Å². The van der Waals surface area contributed by atoms with Crippen molar-refractivity contribution >= 4 is 11.8 Å². The molecule has 0 amide bonds. The molecular formula is C7H10O3. The minimum Gasteiger partial charge on any atom is -0.452 e. The smallest absolute Gasteiger partial charge is 0.307 e. The van der Waals surface area contributed by atoms with Crippen LogP contribution in [0.15, 0.2) is 0 Å². The molecule has 3 heteroatoms. The monoisotopic (exact) mass is 142 g/mol. The molecule has 0 atom stereocenters. The molecule has 0 bridgehead atoms. The van der Waals surface area contributed by atoms with Crippen molar-refractivity contribution in [2.24, 2.45) is 0 Å². The fraction of sp³-hybridized carbons (Fsp3) is 0.714. The average molecular weight is 142 g/mol. The Morgan fingerprint density at radius 3 is 2.30 bits per heavy atom. The standard InChI is InChI=1S/C7H10O3/c1-7(2)5(8)3-4-6(9)10-7/h3-4H2,1-2H3. The van der Waals surface area contributed by atoms with Crippen molar-refractivity contribution in [2.75, 3.05) is 0 Å². The first-order valence-electron chi connectivity index (χ1n) is 3.27. The van der Waals surface area contributed by atoms with Gasteiger partial charge in [0.25, 0.3) is 0 Å². The zero-order chi connectivity index (χ0) is 7.78. The molecule has 1 saturated heterocycles. The zero-order valence-corrected chi connectivity index (χ0v) is 6.14. The van der Waals surface area contributed by atoms with Crippen LogP contribution in [0.4, 0.5) is 0 Å². The number of ketones is 1. The third-order valence-electron chi connectivity index (χ3n) is 1.60. The predicted octanol–water partition coefficient (Wildman–Crippen LogP) is 0.671. The summed E-state index contributed by atoms with van der Waals surface area (Å²) >= 11 is 0. The van der Waals surface area contributed by atoms with E-state index >= 15 is 0 Å². The van der Waals surface area contributed by atoms with E-state index in [1.807, 2.05) is 0 Å². The lowest BCUT2D eigenvalue weighted by atomic mass is 9.96. The number of Topliss-reactive ketones (excluding diaryl/α,β-unsaturated/α-hetero) is 1. The molecule has 3 nitrogen and oxygen atoms in total. The Labute approximate surface area is 59.4 Å². The van der Waals surface area contributed by atoms with Crippen molar-refractivity contribution in [1.29, 1.82) is 0 Å². The largest absolute Gasteiger partial charge is 0.452 e. The van der Waals surface area contributed by atoms with Crippen LogP contribution in [0.25, 0.3) is 0 Å². The quantitative estimate of drug-likeness (QED) is 0.467. The number of hydrogen-bond donors (Lipinski definition) is 0. The number of carbonyl (C=O) groups excluding carboxylic acids is 2. The van der Waals surface area contributed by atoms with Gasteiger partial charge in [0.15, 0.2) is 11.4 Å². The Morgan fingerprint density at radius 1 is 1.30 bits per heavy atom. The first kappa shape index (κ1) is 7.25. The van der Waals surface area contributed by atoms with Crippen LogP contribution in [0.1, 0.15) is 26.7 Å². The van der Waals surface area contributed by atoms with Gasteiger partial charge in [0.2, 0.25) is 0 Å². The Hall–Kier alpha value is -0.860. The molecule has 0 aliphatic carbocycles. The van der Waals surface area contributed by atoms with E-state index in [4.69, 9.17) is 4.74 Å². The molecule has 0 saturated carbocycles. The van der Waals surface area contributed by atoms with Gasteiger partial charge in [0.1, 0.15) is 0 Å². The highest BCUT2D eigenvalue weighted by molar-refractivity contribution is 5.94. The van der Waals surface area contributed by atoms with Gasteiger partial charge in [-0.05, 0) is 13.8 Å². The molecule has 1 aliphatic heterocycles. The predicted molar refractivity (Wildman–Crippen MR) is 34.4 cm³/mol. The SMILES string of the molecule is CC1(C)OC(=O)CCC1=O. The second-order valence-corrected chi connectivity index (χ2v) is 2.91. The maximum atomic E-state index is 11.0. The lowest BCUT2D eigenvalue weighted by Crippen LogP contribution is -2.41. The van der Waals surface area contributed by atoms with Crippen molar-refractivity contribution in [3.63, 3.8) is 0 Å². The summed E-state index contributed by atoms with van der Waals surface area (Å²) in [6.07, 6.45) is 0.564. The summed E-state index contributed by atoms with van der Waals surface area (Å²) in [4.78, 5) is 21.6. The van der Waals surface area contributed by atoms with E-state index in [1.54, 1.807) is 13.8 Å². The molecule has 1 aliphatic rings. The van der Waals surface area contributed by atoms with Crippen LogP contribution in [0.5, 0.6) is 0 Å². The van der Waals surface area contributed by atoms with Crippen molar-refractivity contribution in [2.45, 2.75) is 32.3 Å². The molecule has 1 rings (SSSR count). The second kappa shape index (κ2) is 2.08. The molecule has 56 valence electrons. The molecule has 0 unspecified atom stereocenters. The maximum absolute atomic E-state index is 11.0. The number of esters is 1. The van der Waals surface area contributed by atoms with E-state index in [2.05, 4.69) is 0 Å². The van der Waals surface area contributed by atoms with Gasteiger partial charge >= 0.3 is 5.97 Å². The number of hydrogen-bond acceptors (Lipinski definition) is 3. The minimum atomic E-state index is -0.880. The summed E-state index contributed by atoms with van der Waals surface area (Å²) in [6.45, 7) is 3.23. The molecule has 0 aromatic rings. The van der Waals surface area contributed by atoms with Crippen LogP contribution in [0.3, 0.4) is 0 Å². The number of carbonyl (C=O) groups is 2. The van der Waals surface area contributed by atoms with Crippen molar-refractivity contribution in [3.8, 4) is 0 Å². The van der Waals surface area contributed by atoms with Gasteiger partial charge in [-0.2, -0.15) is 0 Å². The fourth-order valence-corrected chi connectivity index (χ4v) is 0.909. The lowest BCUT2D eigenvalue weighted by molar-refractivity contribution is -0.170. The Balaban J connectivity index is 2.73. The summed E-state index contributed by atoms with van der Waals surface area (Å²) < 4.78 is 4.80. The molecule has 0 aromatic heterocycles. The molecule has 0 spiro atoms. The summed E-state index contributed by atoms with van der Waals surface area (Å²) in [7, 11) is 0. The van der Waals surface area contributed by atoms with Gasteiger partial charge in [0, 0.05) is 6.42 Å². The van der Waals surface area contributed by atoms with Crippen molar-refractivity contribution < 1.29 is 14.3 Å². The Morgan fingerprint density at radius 2 is 1.90 bits per heavy atom. The molecule has 0 N–H and O–H groups in total. The minimum absolute atomic E-state index is 0.00657. The summed E-state index contributed by atoms with van der Waals surface area (Å²) in [5, 5.41) is 0. The van der Waals surface area contributed by atoms with Crippen molar-refractivity contribution in [3.05, 3.63) is 0 Å². The van der Waals surface area contributed by atoms with Crippen LogP contribution in [-0.4, -0.2) is 17.4 Å². The van der Waals surface area contributed by atoms with E-state index < -0.39 is 5.60 Å². The van der Waals surface area contributed by atoms with Gasteiger partial charge < -0.3 is 4.74 Å². The van der Waals surface area contributed by atoms with E-state index in [-0.39, 0.29) is 18.2 Å². The summed E-state index contributed by atoms with van der Waals surface area (Å²) in [5.74, 6) is -0.267. The highest BCUT2D eigenvalue weighted by Crippen LogP contribution is 2.20. The number of ether oxygens (including phenoxy) is 1.